The van der Waals surface area contributed by atoms with E-state index in [9.17, 15) is 14.4 Å². The summed E-state index contributed by atoms with van der Waals surface area (Å²) in [6, 6.07) is 15.1. The quantitative estimate of drug-likeness (QED) is 0.696. The molecule has 2 aromatic rings. The molecule has 2 aromatic carbocycles. The fourth-order valence-electron chi connectivity index (χ4n) is 4.30. The highest BCUT2D eigenvalue weighted by Gasteiger charge is 2.36. The maximum absolute atomic E-state index is 12.7. The molecular formula is C24H28N4O3. The predicted molar refractivity (Wildman–Crippen MR) is 119 cm³/mol. The maximum atomic E-state index is 12.7. The van der Waals surface area contributed by atoms with E-state index >= 15 is 0 Å². The molecular weight excluding hydrogens is 392 g/mol. The number of amides is 3. The van der Waals surface area contributed by atoms with Gasteiger partial charge in [0.15, 0.2) is 0 Å². The van der Waals surface area contributed by atoms with Gasteiger partial charge in [-0.2, -0.15) is 0 Å². The van der Waals surface area contributed by atoms with Crippen molar-refractivity contribution in [3.8, 4) is 0 Å². The van der Waals surface area contributed by atoms with Crippen LogP contribution in [0.15, 0.2) is 48.5 Å². The van der Waals surface area contributed by atoms with E-state index in [0.29, 0.717) is 17.7 Å². The lowest BCUT2D eigenvalue weighted by Crippen LogP contribution is -2.43. The Labute approximate surface area is 182 Å². The Morgan fingerprint density at radius 2 is 1.55 bits per heavy atom. The zero-order chi connectivity index (χ0) is 22.0. The van der Waals surface area contributed by atoms with Crippen LogP contribution in [0.3, 0.4) is 0 Å². The first-order valence-electron chi connectivity index (χ1n) is 10.7. The van der Waals surface area contributed by atoms with Crippen LogP contribution >= 0.6 is 0 Å². The highest BCUT2D eigenvalue weighted by atomic mass is 16.2. The number of imide groups is 1. The van der Waals surface area contributed by atoms with E-state index in [1.807, 2.05) is 14.1 Å². The van der Waals surface area contributed by atoms with Crippen molar-refractivity contribution in [1.82, 2.24) is 15.1 Å². The largest absolute Gasteiger partial charge is 0.378 e. The van der Waals surface area contributed by atoms with Crippen LogP contribution in [-0.4, -0.2) is 67.8 Å². The standard InChI is InChI=1S/C24H28N4O3/c1-26(2)18-11-9-17(10-12-18)21(27-13-5-6-14-27)15-25-22(29)16-28-23(30)19-7-3-4-8-20(19)24(28)31/h3-4,7-12,21H,5-6,13-16H2,1-2H3,(H,25,29). The normalized spacial score (nSPS) is 17.0. The van der Waals surface area contributed by atoms with Gasteiger partial charge in [-0.1, -0.05) is 24.3 Å². The third-order valence-corrected chi connectivity index (χ3v) is 6.05. The Balaban J connectivity index is 1.42. The van der Waals surface area contributed by atoms with Crippen molar-refractivity contribution in [2.24, 2.45) is 0 Å². The first-order valence-corrected chi connectivity index (χ1v) is 10.7. The van der Waals surface area contributed by atoms with Gasteiger partial charge >= 0.3 is 0 Å². The third kappa shape index (κ3) is 4.32. The number of nitrogens with one attached hydrogen (secondary N) is 1. The molecule has 2 aliphatic rings. The minimum Gasteiger partial charge on any atom is -0.378 e. The second kappa shape index (κ2) is 8.89. The molecule has 0 saturated carbocycles. The lowest BCUT2D eigenvalue weighted by atomic mass is 10.0. The molecule has 0 spiro atoms. The monoisotopic (exact) mass is 420 g/mol. The van der Waals surface area contributed by atoms with Gasteiger partial charge in [-0.3, -0.25) is 24.2 Å². The average Bonchev–Trinajstić information content (AvgIpc) is 3.38. The lowest BCUT2D eigenvalue weighted by Gasteiger charge is -2.29. The van der Waals surface area contributed by atoms with Gasteiger partial charge in [0.1, 0.15) is 6.54 Å². The zero-order valence-corrected chi connectivity index (χ0v) is 18.0. The van der Waals surface area contributed by atoms with E-state index in [1.165, 1.54) is 0 Å². The van der Waals surface area contributed by atoms with Crippen LogP contribution in [0, 0.1) is 0 Å². The van der Waals surface area contributed by atoms with Crippen LogP contribution < -0.4 is 10.2 Å². The number of hydrogen-bond acceptors (Lipinski definition) is 5. The van der Waals surface area contributed by atoms with Crippen molar-refractivity contribution in [1.29, 1.82) is 0 Å². The zero-order valence-electron chi connectivity index (χ0n) is 18.0. The number of benzene rings is 2. The summed E-state index contributed by atoms with van der Waals surface area (Å²) in [4.78, 5) is 43.1. The molecule has 0 aliphatic carbocycles. The van der Waals surface area contributed by atoms with Crippen molar-refractivity contribution in [2.45, 2.75) is 18.9 Å². The van der Waals surface area contributed by atoms with E-state index in [2.05, 4.69) is 39.4 Å². The fourth-order valence-corrected chi connectivity index (χ4v) is 4.30. The van der Waals surface area contributed by atoms with Crippen molar-refractivity contribution >= 4 is 23.4 Å². The topological polar surface area (TPSA) is 73.0 Å². The molecule has 7 nitrogen and oxygen atoms in total. The predicted octanol–water partition coefficient (Wildman–Crippen LogP) is 2.30. The van der Waals surface area contributed by atoms with Crippen LogP contribution in [0.2, 0.25) is 0 Å². The summed E-state index contributed by atoms with van der Waals surface area (Å²) >= 11 is 0. The maximum Gasteiger partial charge on any atom is 0.262 e. The van der Waals surface area contributed by atoms with Crippen LogP contribution in [0.4, 0.5) is 5.69 Å². The Bertz CT molecular complexity index is 946. The second-order valence-corrected chi connectivity index (χ2v) is 8.29. The van der Waals surface area contributed by atoms with Gasteiger partial charge in [0.05, 0.1) is 17.2 Å². The molecule has 0 radical (unpaired) electrons. The molecule has 1 fully saturated rings. The molecule has 1 N–H and O–H groups in total. The van der Waals surface area contributed by atoms with Gasteiger partial charge in [-0.25, -0.2) is 0 Å². The second-order valence-electron chi connectivity index (χ2n) is 8.29. The van der Waals surface area contributed by atoms with E-state index in [4.69, 9.17) is 0 Å². The van der Waals surface area contributed by atoms with E-state index < -0.39 is 11.8 Å². The van der Waals surface area contributed by atoms with Crippen molar-refractivity contribution in [3.05, 3.63) is 65.2 Å². The summed E-state index contributed by atoms with van der Waals surface area (Å²) < 4.78 is 0. The van der Waals surface area contributed by atoms with E-state index in [-0.39, 0.29) is 18.5 Å². The van der Waals surface area contributed by atoms with E-state index in [0.717, 1.165) is 42.1 Å². The number of anilines is 1. The van der Waals surface area contributed by atoms with Crippen molar-refractivity contribution < 1.29 is 14.4 Å². The van der Waals surface area contributed by atoms with Crippen LogP contribution in [0.1, 0.15) is 45.2 Å². The average molecular weight is 421 g/mol. The van der Waals surface area contributed by atoms with Gasteiger partial charge < -0.3 is 10.2 Å². The Morgan fingerprint density at radius 3 is 2.10 bits per heavy atom. The highest BCUT2D eigenvalue weighted by molar-refractivity contribution is 6.22. The Morgan fingerprint density at radius 1 is 0.968 bits per heavy atom. The molecule has 4 rings (SSSR count). The molecule has 31 heavy (non-hydrogen) atoms. The molecule has 1 unspecified atom stereocenters. The van der Waals surface area contributed by atoms with Crippen molar-refractivity contribution in [3.63, 3.8) is 0 Å². The summed E-state index contributed by atoms with van der Waals surface area (Å²) in [5.41, 5.74) is 2.99. The van der Waals surface area contributed by atoms with Gasteiger partial charge in [0.2, 0.25) is 5.91 Å². The van der Waals surface area contributed by atoms with Crippen LogP contribution in [0.5, 0.6) is 0 Å². The van der Waals surface area contributed by atoms with Crippen molar-refractivity contribution in [2.75, 3.05) is 45.2 Å². The van der Waals surface area contributed by atoms with E-state index in [1.54, 1.807) is 24.3 Å². The minimum atomic E-state index is -0.411. The number of nitrogens with zero attached hydrogens (tertiary/aromatic N) is 3. The number of carbonyl (C=O) groups excluding carboxylic acids is 3. The Hall–Kier alpha value is -3.19. The third-order valence-electron chi connectivity index (χ3n) is 6.05. The summed E-state index contributed by atoms with van der Waals surface area (Å²) in [6.45, 7) is 2.16. The summed E-state index contributed by atoms with van der Waals surface area (Å²) in [6.07, 6.45) is 2.30. The lowest BCUT2D eigenvalue weighted by molar-refractivity contribution is -0.121. The molecule has 0 aromatic heterocycles. The number of fused-ring (bicyclic) bond motifs is 1. The highest BCUT2D eigenvalue weighted by Crippen LogP contribution is 2.26. The molecule has 2 aliphatic heterocycles. The first-order chi connectivity index (χ1) is 15.0. The number of carbonyl (C=O) groups is 3. The van der Waals surface area contributed by atoms with Crippen LogP contribution in [-0.2, 0) is 4.79 Å². The summed E-state index contributed by atoms with van der Waals surface area (Å²) in [7, 11) is 4.01. The van der Waals surface area contributed by atoms with Gasteiger partial charge in [-0.15, -0.1) is 0 Å². The number of likely N-dealkylation sites (tertiary alicyclic amines) is 1. The first kappa shape index (κ1) is 21.1. The van der Waals surface area contributed by atoms with Gasteiger partial charge in [-0.05, 0) is 55.8 Å². The molecule has 162 valence electrons. The number of rotatable bonds is 7. The Kier molecular flexibility index (Phi) is 6.04. The molecule has 1 atom stereocenters. The minimum absolute atomic E-state index is 0.0600. The number of hydrogen-bond donors (Lipinski definition) is 1. The molecule has 0 bridgehead atoms. The summed E-state index contributed by atoms with van der Waals surface area (Å²) in [5, 5.41) is 2.95. The van der Waals surface area contributed by atoms with Gasteiger partial charge in [0.25, 0.3) is 11.8 Å². The van der Waals surface area contributed by atoms with Gasteiger partial charge in [0, 0.05) is 26.3 Å². The molecule has 7 heteroatoms. The van der Waals surface area contributed by atoms with Crippen LogP contribution in [0.25, 0.3) is 0 Å². The molecule has 2 heterocycles. The molecule has 1 saturated heterocycles. The smallest absolute Gasteiger partial charge is 0.262 e. The summed E-state index contributed by atoms with van der Waals surface area (Å²) in [5.74, 6) is -1.15. The molecule has 3 amide bonds. The fraction of sp³-hybridized carbons (Fsp3) is 0.375. The SMILES string of the molecule is CN(C)c1ccc(C(CNC(=O)CN2C(=O)c3ccccc3C2=O)N2CCCC2)cc1.